The molecular formula is C31H43FN6O4. The van der Waals surface area contributed by atoms with Crippen molar-refractivity contribution in [3.05, 3.63) is 42.1 Å². The van der Waals surface area contributed by atoms with E-state index < -0.39 is 5.82 Å². The normalized spacial score (nSPS) is 25.9. The van der Waals surface area contributed by atoms with Crippen molar-refractivity contribution in [3.63, 3.8) is 0 Å². The van der Waals surface area contributed by atoms with Gasteiger partial charge in [0.25, 0.3) is 5.91 Å². The van der Waals surface area contributed by atoms with Gasteiger partial charge in [-0.2, -0.15) is 0 Å². The van der Waals surface area contributed by atoms with E-state index in [9.17, 15) is 9.18 Å². The molecule has 1 spiro atoms. The Kier molecular flexibility index (Phi) is 8.63. The lowest BCUT2D eigenvalue weighted by molar-refractivity contribution is -0.0277. The summed E-state index contributed by atoms with van der Waals surface area (Å²) in [4.78, 5) is 29.0. The first-order chi connectivity index (χ1) is 20.3. The Bertz CT molecular complexity index is 1230. The molecule has 0 aliphatic carbocycles. The van der Waals surface area contributed by atoms with E-state index >= 15 is 0 Å². The molecule has 4 saturated heterocycles. The first-order valence-corrected chi connectivity index (χ1v) is 15.3. The van der Waals surface area contributed by atoms with Gasteiger partial charge < -0.3 is 34.6 Å². The molecule has 0 saturated carbocycles. The smallest absolute Gasteiger partial charge is 0.258 e. The first-order valence-electron chi connectivity index (χ1n) is 15.3. The highest BCUT2D eigenvalue weighted by Crippen LogP contribution is 2.45. The van der Waals surface area contributed by atoms with E-state index in [-0.39, 0.29) is 40.8 Å². The number of piperidine rings is 1. The third-order valence-corrected chi connectivity index (χ3v) is 9.28. The summed E-state index contributed by atoms with van der Waals surface area (Å²) in [5.41, 5.74) is 6.42. The van der Waals surface area contributed by atoms with E-state index in [2.05, 4.69) is 19.8 Å². The number of halogens is 1. The van der Waals surface area contributed by atoms with Gasteiger partial charge in [0.2, 0.25) is 0 Å². The van der Waals surface area contributed by atoms with Gasteiger partial charge in [0.15, 0.2) is 11.6 Å². The maximum Gasteiger partial charge on any atom is 0.258 e. The molecule has 2 aromatic rings. The van der Waals surface area contributed by atoms with Crippen LogP contribution in [0.5, 0.6) is 11.5 Å². The lowest BCUT2D eigenvalue weighted by Gasteiger charge is -2.54. The number of aromatic nitrogens is 2. The Morgan fingerprint density at radius 2 is 2.00 bits per heavy atom. The number of rotatable bonds is 8. The molecule has 0 unspecified atom stereocenters. The second-order valence-electron chi connectivity index (χ2n) is 12.7. The van der Waals surface area contributed by atoms with Crippen LogP contribution in [-0.2, 0) is 9.47 Å². The number of amides is 1. The van der Waals surface area contributed by atoms with Crippen molar-refractivity contribution in [2.24, 2.45) is 11.1 Å². The molecule has 228 valence electrons. The summed E-state index contributed by atoms with van der Waals surface area (Å²) in [5.74, 6) is 0.674. The molecular weight excluding hydrogens is 539 g/mol. The first kappa shape index (κ1) is 29.2. The standard InChI is InChI=1S/C31H43FN6O4/c1-21(2)38(24-7-12-40-17-24)30(39)26-13-22(32)3-6-27(26)42-28-14-34-20-35-29(28)37-18-31(19-37)8-10-36(11-9-31)15-25-5-4-23(33)16-41-25/h3,6,13-14,20-21,23-25H,4-5,7-12,15-19,33H2,1-2H3/t23-,24+,25+/m1/s1. The van der Waals surface area contributed by atoms with Gasteiger partial charge in [0.05, 0.1) is 37.1 Å². The molecule has 6 rings (SSSR count). The third kappa shape index (κ3) is 6.24. The summed E-state index contributed by atoms with van der Waals surface area (Å²) in [7, 11) is 0. The molecule has 1 aromatic heterocycles. The Hall–Kier alpha value is -2.86. The highest BCUT2D eigenvalue weighted by atomic mass is 19.1. The van der Waals surface area contributed by atoms with Crippen LogP contribution < -0.4 is 15.4 Å². The van der Waals surface area contributed by atoms with Crippen LogP contribution in [-0.4, -0.2) is 102 Å². The van der Waals surface area contributed by atoms with Gasteiger partial charge in [-0.15, -0.1) is 0 Å². The zero-order valence-electron chi connectivity index (χ0n) is 24.7. The molecule has 10 nitrogen and oxygen atoms in total. The summed E-state index contributed by atoms with van der Waals surface area (Å²) < 4.78 is 32.2. The van der Waals surface area contributed by atoms with Crippen molar-refractivity contribution in [3.8, 4) is 11.5 Å². The lowest BCUT2D eigenvalue weighted by atomic mass is 9.72. The fourth-order valence-corrected chi connectivity index (χ4v) is 6.90. The maximum absolute atomic E-state index is 14.4. The average Bonchev–Trinajstić information content (AvgIpc) is 3.49. The van der Waals surface area contributed by atoms with Crippen LogP contribution in [0.1, 0.15) is 56.3 Å². The monoisotopic (exact) mass is 582 g/mol. The van der Waals surface area contributed by atoms with Crippen LogP contribution in [0.2, 0.25) is 0 Å². The largest absolute Gasteiger partial charge is 0.451 e. The molecule has 1 amide bonds. The van der Waals surface area contributed by atoms with Crippen molar-refractivity contribution in [1.82, 2.24) is 19.8 Å². The second kappa shape index (κ2) is 12.4. The zero-order valence-corrected chi connectivity index (χ0v) is 24.7. The third-order valence-electron chi connectivity index (χ3n) is 9.28. The number of nitrogens with zero attached hydrogens (tertiary/aromatic N) is 5. The Balaban J connectivity index is 1.11. The number of nitrogens with two attached hydrogens (primary N) is 1. The van der Waals surface area contributed by atoms with Crippen LogP contribution in [0.4, 0.5) is 10.2 Å². The van der Waals surface area contributed by atoms with E-state index in [1.165, 1.54) is 24.5 Å². The fourth-order valence-electron chi connectivity index (χ4n) is 6.90. The van der Waals surface area contributed by atoms with Crippen LogP contribution in [0, 0.1) is 11.2 Å². The Morgan fingerprint density at radius 3 is 2.69 bits per heavy atom. The number of hydrogen-bond donors (Lipinski definition) is 1. The molecule has 3 atom stereocenters. The summed E-state index contributed by atoms with van der Waals surface area (Å²) in [5, 5.41) is 0. The van der Waals surface area contributed by atoms with Gasteiger partial charge in [0.1, 0.15) is 17.9 Å². The van der Waals surface area contributed by atoms with Crippen molar-refractivity contribution in [1.29, 1.82) is 0 Å². The summed E-state index contributed by atoms with van der Waals surface area (Å²) in [6, 6.07) is 4.13. The van der Waals surface area contributed by atoms with E-state index in [1.54, 1.807) is 11.1 Å². The van der Waals surface area contributed by atoms with E-state index in [1.807, 2.05) is 13.8 Å². The van der Waals surface area contributed by atoms with Gasteiger partial charge in [-0.1, -0.05) is 0 Å². The average molecular weight is 583 g/mol. The number of carbonyl (C=O) groups excluding carboxylic acids is 1. The summed E-state index contributed by atoms with van der Waals surface area (Å²) >= 11 is 0. The summed E-state index contributed by atoms with van der Waals surface area (Å²) in [6.45, 7) is 10.6. The molecule has 42 heavy (non-hydrogen) atoms. The fraction of sp³-hybridized carbons (Fsp3) is 0.645. The zero-order chi connectivity index (χ0) is 29.3. The molecule has 5 heterocycles. The second-order valence-corrected chi connectivity index (χ2v) is 12.7. The number of carbonyl (C=O) groups is 1. The van der Waals surface area contributed by atoms with Crippen molar-refractivity contribution in [2.45, 2.75) is 70.2 Å². The lowest BCUT2D eigenvalue weighted by Crippen LogP contribution is -2.61. The topological polar surface area (TPSA) is 106 Å². The molecule has 0 radical (unpaired) electrons. The van der Waals surface area contributed by atoms with Crippen LogP contribution in [0.25, 0.3) is 0 Å². The predicted molar refractivity (Wildman–Crippen MR) is 156 cm³/mol. The minimum absolute atomic E-state index is 0.0542. The molecule has 1 aromatic carbocycles. The highest BCUT2D eigenvalue weighted by Gasteiger charge is 2.46. The van der Waals surface area contributed by atoms with Gasteiger partial charge in [0, 0.05) is 43.7 Å². The van der Waals surface area contributed by atoms with Gasteiger partial charge in [-0.25, -0.2) is 14.4 Å². The van der Waals surface area contributed by atoms with Crippen molar-refractivity contribution in [2.75, 3.05) is 57.4 Å². The van der Waals surface area contributed by atoms with Crippen LogP contribution in [0.15, 0.2) is 30.7 Å². The molecule has 0 bridgehead atoms. The van der Waals surface area contributed by atoms with Crippen molar-refractivity contribution >= 4 is 11.7 Å². The van der Waals surface area contributed by atoms with E-state index in [0.717, 1.165) is 64.8 Å². The number of anilines is 1. The number of ether oxygens (including phenoxy) is 3. The van der Waals surface area contributed by atoms with Gasteiger partial charge in [-0.3, -0.25) is 4.79 Å². The Labute approximate surface area is 247 Å². The molecule has 4 aliphatic heterocycles. The predicted octanol–water partition coefficient (Wildman–Crippen LogP) is 3.46. The van der Waals surface area contributed by atoms with Crippen LogP contribution in [0.3, 0.4) is 0 Å². The molecule has 11 heteroatoms. The molecule has 4 aliphatic rings. The van der Waals surface area contributed by atoms with Crippen molar-refractivity contribution < 1.29 is 23.4 Å². The van der Waals surface area contributed by atoms with E-state index in [0.29, 0.717) is 37.5 Å². The minimum atomic E-state index is -0.490. The Morgan fingerprint density at radius 1 is 1.19 bits per heavy atom. The SMILES string of the molecule is CC(C)N(C(=O)c1cc(F)ccc1Oc1cncnc1N1CC2(CCN(C[C@@H]3CC[C@@H](N)CO3)CC2)C1)[C@H]1CCOC1. The quantitative estimate of drug-likeness (QED) is 0.501. The van der Waals surface area contributed by atoms with E-state index in [4.69, 9.17) is 19.9 Å². The number of hydrogen-bond acceptors (Lipinski definition) is 9. The number of likely N-dealkylation sites (tertiary alicyclic amines) is 1. The molecule has 4 fully saturated rings. The minimum Gasteiger partial charge on any atom is -0.451 e. The molecule has 2 N–H and O–H groups in total. The van der Waals surface area contributed by atoms with Crippen LogP contribution >= 0.6 is 0 Å². The highest BCUT2D eigenvalue weighted by molar-refractivity contribution is 5.97. The summed E-state index contributed by atoms with van der Waals surface area (Å²) in [6.07, 6.45) is 8.52. The van der Waals surface area contributed by atoms with Gasteiger partial charge >= 0.3 is 0 Å². The number of benzene rings is 1. The van der Waals surface area contributed by atoms with Gasteiger partial charge in [-0.05, 0) is 77.2 Å². The maximum atomic E-state index is 14.4.